The van der Waals surface area contributed by atoms with Crippen molar-refractivity contribution in [3.05, 3.63) is 0 Å². The molecule has 73 heavy (non-hydrogen) atoms. The van der Waals surface area contributed by atoms with Crippen molar-refractivity contribution in [3.63, 3.8) is 0 Å². The topological polar surface area (TPSA) is 266 Å². The molecule has 6 rings (SSSR count). The van der Waals surface area contributed by atoms with Gasteiger partial charge in [0.15, 0.2) is 0 Å². The van der Waals surface area contributed by atoms with Crippen molar-refractivity contribution < 1.29 is 55.1 Å². The minimum atomic E-state index is -3.57. The van der Waals surface area contributed by atoms with Crippen LogP contribution in [0.3, 0.4) is 0 Å². The first-order valence-corrected chi connectivity index (χ1v) is 28.3. The van der Waals surface area contributed by atoms with Gasteiger partial charge < -0.3 is 40.5 Å². The Morgan fingerprint density at radius 1 is 0.575 bits per heavy atom. The van der Waals surface area contributed by atoms with Crippen molar-refractivity contribution in [1.82, 2.24) is 48.7 Å². The summed E-state index contributed by atoms with van der Waals surface area (Å²) >= 11 is 0. The third-order valence-electron chi connectivity index (χ3n) is 16.5. The highest BCUT2D eigenvalue weighted by Crippen LogP contribution is 2.66. The Labute approximate surface area is 435 Å². The number of carbonyl (C=O) groups excluding carboxylic acids is 6. The molecule has 4 aliphatic heterocycles. The first-order valence-electron chi connectivity index (χ1n) is 25.4. The molecule has 0 spiro atoms. The first-order chi connectivity index (χ1) is 33.1. The summed E-state index contributed by atoms with van der Waals surface area (Å²) in [5.74, 6) is -1.04. The second kappa shape index (κ2) is 20.6. The number of rotatable bonds is 12. The fourth-order valence-electron chi connectivity index (χ4n) is 11.1. The molecule has 6 aliphatic rings. The standard InChI is InChI=1S/C25H45N5O6S.C24H43N5O6S/c1-23(2,3)16(14-29-12-11-28(9)37(29,34)35)26-22(33)27-19(24(4,5)6)20(31)30-13-15-17(25(15,7)8)18(30)21(32)36-10;1-22(2,3)15(13-28-11-10-25-36(28,33)34)26-21(32)27-18(23(4,5)6)19(30)29-12-14-16(24(14,7)8)17(29)20(31)35-9/h15-19H,11-14H2,1-10H3,(H2,26,27,33);14-18,25H,10-13H2,1-9H3,(H2,26,27,32)/t15-,16+,17-,18-,19+;14-,15+,16-,17-,18+/m00/s1. The van der Waals surface area contributed by atoms with E-state index < -0.39 is 102 Å². The molecular formula is C49H88N10O12S2. The zero-order chi connectivity index (χ0) is 55.7. The monoisotopic (exact) mass is 1070 g/mol. The molecule has 2 saturated carbocycles. The van der Waals surface area contributed by atoms with Crippen LogP contribution < -0.4 is 26.0 Å². The van der Waals surface area contributed by atoms with Crippen LogP contribution in [0.2, 0.25) is 0 Å². The second-order valence-electron chi connectivity index (χ2n) is 26.4. The second-order valence-corrected chi connectivity index (χ2v) is 30.2. The number of hydrogen-bond acceptors (Lipinski definition) is 12. The van der Waals surface area contributed by atoms with E-state index in [1.165, 1.54) is 34.2 Å². The zero-order valence-electron chi connectivity index (χ0n) is 46.9. The van der Waals surface area contributed by atoms with E-state index in [0.717, 1.165) is 0 Å². The van der Waals surface area contributed by atoms with E-state index in [4.69, 9.17) is 9.47 Å². The summed E-state index contributed by atoms with van der Waals surface area (Å²) in [6, 6.07) is -5.28. The largest absolute Gasteiger partial charge is 0.467 e. The molecule has 0 unspecified atom stereocenters. The summed E-state index contributed by atoms with van der Waals surface area (Å²) < 4.78 is 66.2. The maximum Gasteiger partial charge on any atom is 0.328 e. The Balaban J connectivity index is 0.000000271. The number of likely N-dealkylation sites (tertiary alicyclic amines) is 2. The van der Waals surface area contributed by atoms with Gasteiger partial charge in [-0.3, -0.25) is 9.59 Å². The molecule has 4 saturated heterocycles. The Morgan fingerprint density at radius 3 is 1.23 bits per heavy atom. The Hall–Kier alpha value is -3.84. The lowest BCUT2D eigenvalue weighted by atomic mass is 9.85. The van der Waals surface area contributed by atoms with Crippen LogP contribution in [0, 0.1) is 56.2 Å². The number of nitrogens with one attached hydrogen (secondary N) is 5. The van der Waals surface area contributed by atoms with E-state index >= 15 is 0 Å². The zero-order valence-corrected chi connectivity index (χ0v) is 48.5. The van der Waals surface area contributed by atoms with Crippen LogP contribution in [-0.2, 0) is 49.1 Å². The normalized spacial score (nSPS) is 28.8. The van der Waals surface area contributed by atoms with Gasteiger partial charge in [-0.1, -0.05) is 111 Å². The molecule has 0 aromatic rings. The maximum atomic E-state index is 13.8. The average Bonchev–Trinajstić information content (AvgIpc) is 3.63. The number of esters is 2. The molecule has 4 heterocycles. The first kappa shape index (κ1) is 60.0. The highest BCUT2D eigenvalue weighted by Gasteiger charge is 2.71. The number of fused-ring (bicyclic) bond motifs is 2. The molecule has 418 valence electrons. The lowest BCUT2D eigenvalue weighted by Crippen LogP contribution is -2.61. The third-order valence-corrected chi connectivity index (χ3v) is 20.0. The minimum Gasteiger partial charge on any atom is -0.467 e. The van der Waals surface area contributed by atoms with Crippen LogP contribution in [0.25, 0.3) is 0 Å². The van der Waals surface area contributed by atoms with Gasteiger partial charge in [-0.15, -0.1) is 0 Å². The van der Waals surface area contributed by atoms with Gasteiger partial charge in [0.1, 0.15) is 24.2 Å². The molecule has 0 radical (unpaired) electrons. The molecular weight excluding hydrogens is 985 g/mol. The van der Waals surface area contributed by atoms with E-state index in [1.54, 1.807) is 9.80 Å². The van der Waals surface area contributed by atoms with Crippen LogP contribution in [0.4, 0.5) is 9.59 Å². The summed E-state index contributed by atoms with van der Waals surface area (Å²) in [5, 5.41) is 11.5. The van der Waals surface area contributed by atoms with Gasteiger partial charge in [-0.2, -0.15) is 29.8 Å². The lowest BCUT2D eigenvalue weighted by molar-refractivity contribution is -0.154. The molecule has 5 N–H and O–H groups in total. The van der Waals surface area contributed by atoms with E-state index in [2.05, 4.69) is 53.7 Å². The third kappa shape index (κ3) is 12.6. The number of nitrogens with zero attached hydrogens (tertiary/aromatic N) is 5. The number of ether oxygens (including phenoxy) is 2. The molecule has 22 nitrogen and oxygen atoms in total. The van der Waals surface area contributed by atoms with Crippen molar-refractivity contribution in [2.75, 3.05) is 73.6 Å². The number of piperidine rings is 2. The molecule has 0 aromatic carbocycles. The Morgan fingerprint density at radius 2 is 0.945 bits per heavy atom. The molecule has 6 amide bonds. The molecule has 10 atom stereocenters. The summed E-state index contributed by atoms with van der Waals surface area (Å²) in [6.07, 6.45) is 0. The SMILES string of the molecule is COC(=O)[C@@H]1[C@@H]2[C@H](CN1C(=O)[C@@H](NC(=O)N[C@H](CN1CCN(C)S1(=O)=O)C(C)(C)C)C(C)(C)C)C2(C)C.COC(=O)[C@@H]1[C@@H]2[C@H](CN1C(=O)[C@@H](NC(=O)N[C@H](CN1CCNS1(=O)=O)C(C)(C)C)C(C)(C)C)C2(C)C. The number of hydrogen-bond donors (Lipinski definition) is 5. The van der Waals surface area contributed by atoms with E-state index in [-0.39, 0.29) is 59.4 Å². The highest BCUT2D eigenvalue weighted by atomic mass is 32.2. The van der Waals surface area contributed by atoms with Crippen molar-refractivity contribution in [2.24, 2.45) is 56.2 Å². The van der Waals surface area contributed by atoms with Crippen LogP contribution >= 0.6 is 0 Å². The van der Waals surface area contributed by atoms with Crippen molar-refractivity contribution in [1.29, 1.82) is 0 Å². The summed E-state index contributed by atoms with van der Waals surface area (Å²) in [4.78, 5) is 82.5. The molecule has 2 aliphatic carbocycles. The number of urea groups is 2. The fraction of sp³-hybridized carbons (Fsp3) is 0.878. The number of carbonyl (C=O) groups is 6. The summed E-state index contributed by atoms with van der Waals surface area (Å²) in [5.41, 5.74) is -2.27. The Kier molecular flexibility index (Phi) is 16.9. The van der Waals surface area contributed by atoms with E-state index in [1.807, 2.05) is 83.1 Å². The van der Waals surface area contributed by atoms with Gasteiger partial charge in [-0.05, 0) is 44.3 Å². The van der Waals surface area contributed by atoms with E-state index in [0.29, 0.717) is 39.3 Å². The van der Waals surface area contributed by atoms with Crippen LogP contribution in [0.15, 0.2) is 0 Å². The van der Waals surface area contributed by atoms with Crippen LogP contribution in [0.1, 0.15) is 111 Å². The van der Waals surface area contributed by atoms with Crippen molar-refractivity contribution >= 4 is 56.2 Å². The van der Waals surface area contributed by atoms with Gasteiger partial charge in [0.05, 0.1) is 14.2 Å². The quantitative estimate of drug-likeness (QED) is 0.176. The number of amides is 6. The van der Waals surface area contributed by atoms with Crippen LogP contribution in [-0.4, -0.2) is 185 Å². The minimum absolute atomic E-state index is 0.0316. The Bertz CT molecular complexity index is 2350. The van der Waals surface area contributed by atoms with Crippen molar-refractivity contribution in [2.45, 2.75) is 147 Å². The average molecular weight is 1070 g/mol. The number of likely N-dealkylation sites (N-methyl/N-ethyl adjacent to an activating group) is 1. The smallest absolute Gasteiger partial charge is 0.328 e. The van der Waals surface area contributed by atoms with Gasteiger partial charge in [0.25, 0.3) is 20.4 Å². The van der Waals surface area contributed by atoms with Gasteiger partial charge in [0.2, 0.25) is 11.8 Å². The fourth-order valence-corrected chi connectivity index (χ4v) is 13.7. The van der Waals surface area contributed by atoms with Gasteiger partial charge >= 0.3 is 24.0 Å². The highest BCUT2D eigenvalue weighted by molar-refractivity contribution is 7.87. The van der Waals surface area contributed by atoms with Crippen molar-refractivity contribution in [3.8, 4) is 0 Å². The van der Waals surface area contributed by atoms with Gasteiger partial charge in [0, 0.05) is 83.3 Å². The molecule has 0 bridgehead atoms. The molecule has 6 fully saturated rings. The lowest BCUT2D eigenvalue weighted by Gasteiger charge is -2.38. The van der Waals surface area contributed by atoms with Crippen LogP contribution in [0.5, 0.6) is 0 Å². The van der Waals surface area contributed by atoms with Gasteiger partial charge in [-0.25, -0.2) is 23.9 Å². The summed E-state index contributed by atoms with van der Waals surface area (Å²) in [6.45, 7) is 33.5. The predicted octanol–water partition coefficient (Wildman–Crippen LogP) is 2.18. The molecule has 0 aromatic heterocycles. The maximum absolute atomic E-state index is 13.8. The summed E-state index contributed by atoms with van der Waals surface area (Å²) in [7, 11) is -2.95. The molecule has 24 heteroatoms. The van der Waals surface area contributed by atoms with E-state index in [9.17, 15) is 45.6 Å². The predicted molar refractivity (Wildman–Crippen MR) is 274 cm³/mol. The number of methoxy groups -OCH3 is 2.